The standard InChI is InChI=1S/C16H27N3O/c1-4-9-17-12-14-7-6-11-19(14)16-15(20-13(2)3)8-5-10-18-16/h5,8,10,13-14,17H,4,6-7,9,11-12H2,1-3H3. The van der Waals surface area contributed by atoms with Crippen LogP contribution in [0.4, 0.5) is 5.82 Å². The molecule has 0 bridgehead atoms. The van der Waals surface area contributed by atoms with Gasteiger partial charge in [-0.3, -0.25) is 0 Å². The molecule has 1 fully saturated rings. The Labute approximate surface area is 122 Å². The van der Waals surface area contributed by atoms with Crippen molar-refractivity contribution in [2.75, 3.05) is 24.5 Å². The van der Waals surface area contributed by atoms with Gasteiger partial charge in [-0.1, -0.05) is 6.92 Å². The lowest BCUT2D eigenvalue weighted by atomic mass is 10.2. The van der Waals surface area contributed by atoms with E-state index >= 15 is 0 Å². The van der Waals surface area contributed by atoms with E-state index in [1.54, 1.807) is 0 Å². The van der Waals surface area contributed by atoms with Gasteiger partial charge in [-0.25, -0.2) is 4.98 Å². The molecule has 1 aliphatic heterocycles. The molecular weight excluding hydrogens is 250 g/mol. The van der Waals surface area contributed by atoms with Crippen molar-refractivity contribution in [3.63, 3.8) is 0 Å². The minimum atomic E-state index is 0.178. The second-order valence-corrected chi connectivity index (χ2v) is 5.69. The zero-order chi connectivity index (χ0) is 14.4. The molecule has 0 saturated carbocycles. The van der Waals surface area contributed by atoms with E-state index in [-0.39, 0.29) is 6.10 Å². The molecule has 112 valence electrons. The maximum atomic E-state index is 5.91. The number of aromatic nitrogens is 1. The lowest BCUT2D eigenvalue weighted by Gasteiger charge is -2.28. The highest BCUT2D eigenvalue weighted by atomic mass is 16.5. The molecule has 0 spiro atoms. The molecule has 4 heteroatoms. The van der Waals surface area contributed by atoms with Gasteiger partial charge in [0.25, 0.3) is 0 Å². The maximum Gasteiger partial charge on any atom is 0.171 e. The summed E-state index contributed by atoms with van der Waals surface area (Å²) >= 11 is 0. The number of nitrogens with one attached hydrogen (secondary N) is 1. The Morgan fingerprint density at radius 2 is 2.35 bits per heavy atom. The summed E-state index contributed by atoms with van der Waals surface area (Å²) in [7, 11) is 0. The summed E-state index contributed by atoms with van der Waals surface area (Å²) < 4.78 is 5.91. The maximum absolute atomic E-state index is 5.91. The predicted octanol–water partition coefficient (Wildman–Crippen LogP) is 2.84. The van der Waals surface area contributed by atoms with Crippen LogP contribution in [0.5, 0.6) is 5.75 Å². The number of hydrogen-bond acceptors (Lipinski definition) is 4. The van der Waals surface area contributed by atoms with Crippen LogP contribution in [-0.2, 0) is 0 Å². The predicted molar refractivity (Wildman–Crippen MR) is 83.5 cm³/mol. The van der Waals surface area contributed by atoms with Gasteiger partial charge in [0.05, 0.1) is 6.10 Å². The molecule has 4 nitrogen and oxygen atoms in total. The first-order chi connectivity index (χ1) is 9.72. The highest BCUT2D eigenvalue weighted by Gasteiger charge is 2.27. The molecule has 1 aromatic heterocycles. The molecule has 1 atom stereocenters. The zero-order valence-corrected chi connectivity index (χ0v) is 12.9. The van der Waals surface area contributed by atoms with E-state index in [4.69, 9.17) is 4.74 Å². The third-order valence-electron chi connectivity index (χ3n) is 3.57. The topological polar surface area (TPSA) is 37.4 Å². The molecule has 2 heterocycles. The van der Waals surface area contributed by atoms with Crippen molar-refractivity contribution in [1.29, 1.82) is 0 Å². The Kier molecular flexibility index (Phi) is 5.65. The van der Waals surface area contributed by atoms with Gasteiger partial charge < -0.3 is 15.0 Å². The van der Waals surface area contributed by atoms with E-state index in [1.807, 2.05) is 18.3 Å². The average molecular weight is 277 g/mol. The summed E-state index contributed by atoms with van der Waals surface area (Å²) in [5.41, 5.74) is 0. The first kappa shape index (κ1) is 15.1. The normalized spacial score (nSPS) is 18.8. The van der Waals surface area contributed by atoms with E-state index in [9.17, 15) is 0 Å². The van der Waals surface area contributed by atoms with Gasteiger partial charge in [0, 0.05) is 25.3 Å². The number of anilines is 1. The third-order valence-corrected chi connectivity index (χ3v) is 3.57. The smallest absolute Gasteiger partial charge is 0.171 e. The molecule has 1 aromatic rings. The summed E-state index contributed by atoms with van der Waals surface area (Å²) in [6, 6.07) is 4.50. The monoisotopic (exact) mass is 277 g/mol. The number of pyridine rings is 1. The third kappa shape index (κ3) is 3.85. The van der Waals surface area contributed by atoms with Crippen LogP contribution < -0.4 is 15.0 Å². The van der Waals surface area contributed by atoms with Crippen molar-refractivity contribution >= 4 is 5.82 Å². The molecule has 0 aliphatic carbocycles. The largest absolute Gasteiger partial charge is 0.487 e. The average Bonchev–Trinajstić information content (AvgIpc) is 2.87. The number of nitrogens with zero attached hydrogens (tertiary/aromatic N) is 2. The van der Waals surface area contributed by atoms with Crippen molar-refractivity contribution < 1.29 is 4.74 Å². The van der Waals surface area contributed by atoms with E-state index in [0.29, 0.717) is 6.04 Å². The summed E-state index contributed by atoms with van der Waals surface area (Å²) in [6.07, 6.45) is 5.68. The van der Waals surface area contributed by atoms with Crippen molar-refractivity contribution in [2.24, 2.45) is 0 Å². The van der Waals surface area contributed by atoms with Gasteiger partial charge in [0.15, 0.2) is 11.6 Å². The van der Waals surface area contributed by atoms with Crippen molar-refractivity contribution in [3.05, 3.63) is 18.3 Å². The summed E-state index contributed by atoms with van der Waals surface area (Å²) in [4.78, 5) is 6.97. The van der Waals surface area contributed by atoms with Crippen molar-refractivity contribution in [3.8, 4) is 5.75 Å². The fraction of sp³-hybridized carbons (Fsp3) is 0.688. The highest BCUT2D eigenvalue weighted by molar-refractivity contribution is 5.53. The van der Waals surface area contributed by atoms with Crippen LogP contribution in [0.1, 0.15) is 40.0 Å². The summed E-state index contributed by atoms with van der Waals surface area (Å²) in [5, 5.41) is 3.53. The molecule has 2 rings (SSSR count). The Bertz CT molecular complexity index is 408. The Hall–Kier alpha value is -1.29. The second kappa shape index (κ2) is 7.48. The van der Waals surface area contributed by atoms with Crippen LogP contribution in [0.3, 0.4) is 0 Å². The van der Waals surface area contributed by atoms with E-state index in [1.165, 1.54) is 19.3 Å². The quantitative estimate of drug-likeness (QED) is 0.778. The van der Waals surface area contributed by atoms with Crippen LogP contribution >= 0.6 is 0 Å². The van der Waals surface area contributed by atoms with Gasteiger partial charge in [0.2, 0.25) is 0 Å². The van der Waals surface area contributed by atoms with Gasteiger partial charge in [0.1, 0.15) is 0 Å². The lowest BCUT2D eigenvalue weighted by Crippen LogP contribution is -2.39. The fourth-order valence-corrected chi connectivity index (χ4v) is 2.72. The number of hydrogen-bond donors (Lipinski definition) is 1. The summed E-state index contributed by atoms with van der Waals surface area (Å²) in [5.74, 6) is 1.91. The van der Waals surface area contributed by atoms with Crippen LogP contribution in [0.25, 0.3) is 0 Å². The minimum Gasteiger partial charge on any atom is -0.487 e. The fourth-order valence-electron chi connectivity index (χ4n) is 2.72. The highest BCUT2D eigenvalue weighted by Crippen LogP contribution is 2.31. The van der Waals surface area contributed by atoms with E-state index in [2.05, 4.69) is 36.0 Å². The molecule has 1 N–H and O–H groups in total. The van der Waals surface area contributed by atoms with Gasteiger partial charge >= 0.3 is 0 Å². The molecule has 20 heavy (non-hydrogen) atoms. The Morgan fingerprint density at radius 1 is 1.50 bits per heavy atom. The number of rotatable bonds is 7. The molecule has 0 aromatic carbocycles. The summed E-state index contributed by atoms with van der Waals surface area (Å²) in [6.45, 7) is 9.51. The minimum absolute atomic E-state index is 0.178. The van der Waals surface area contributed by atoms with Gasteiger partial charge in [-0.2, -0.15) is 0 Å². The van der Waals surface area contributed by atoms with E-state index < -0.39 is 0 Å². The van der Waals surface area contributed by atoms with Gasteiger partial charge in [-0.05, 0) is 51.8 Å². The van der Waals surface area contributed by atoms with Crippen LogP contribution in [-0.4, -0.2) is 36.8 Å². The molecule has 0 radical (unpaired) electrons. The molecular formula is C16H27N3O. The Balaban J connectivity index is 2.08. The SMILES string of the molecule is CCCNCC1CCCN1c1ncccc1OC(C)C. The molecule has 1 unspecified atom stereocenters. The lowest BCUT2D eigenvalue weighted by molar-refractivity contribution is 0.242. The Morgan fingerprint density at radius 3 is 3.10 bits per heavy atom. The number of ether oxygens (including phenoxy) is 1. The van der Waals surface area contributed by atoms with Crippen molar-refractivity contribution in [2.45, 2.75) is 52.2 Å². The zero-order valence-electron chi connectivity index (χ0n) is 12.9. The van der Waals surface area contributed by atoms with Crippen LogP contribution in [0.2, 0.25) is 0 Å². The first-order valence-electron chi connectivity index (χ1n) is 7.81. The second-order valence-electron chi connectivity index (χ2n) is 5.69. The first-order valence-corrected chi connectivity index (χ1v) is 7.81. The molecule has 1 aliphatic rings. The molecule has 0 amide bonds. The van der Waals surface area contributed by atoms with E-state index in [0.717, 1.165) is 31.2 Å². The van der Waals surface area contributed by atoms with Crippen LogP contribution in [0.15, 0.2) is 18.3 Å². The van der Waals surface area contributed by atoms with Crippen LogP contribution in [0, 0.1) is 0 Å². The molecule has 1 saturated heterocycles. The van der Waals surface area contributed by atoms with Gasteiger partial charge in [-0.15, -0.1) is 0 Å². The van der Waals surface area contributed by atoms with Crippen molar-refractivity contribution in [1.82, 2.24) is 10.3 Å².